The number of carbonyl (C=O) groups is 1. The Morgan fingerprint density at radius 1 is 1.55 bits per heavy atom. The van der Waals surface area contributed by atoms with Crippen LogP contribution in [-0.4, -0.2) is 42.4 Å². The zero-order valence-corrected chi connectivity index (χ0v) is 11.2. The lowest BCUT2D eigenvalue weighted by Gasteiger charge is -2.15. The molecule has 2 N–H and O–H groups in total. The van der Waals surface area contributed by atoms with E-state index in [9.17, 15) is 14.9 Å². The van der Waals surface area contributed by atoms with Gasteiger partial charge in [-0.1, -0.05) is 6.07 Å². The second-order valence-electron chi connectivity index (χ2n) is 3.83. The Bertz CT molecular complexity index is 491. The van der Waals surface area contributed by atoms with Gasteiger partial charge in [-0.05, 0) is 19.1 Å². The van der Waals surface area contributed by atoms with Gasteiger partial charge >= 0.3 is 11.7 Å². The first-order valence-electron chi connectivity index (χ1n) is 5.89. The Labute approximate surface area is 115 Å². The van der Waals surface area contributed by atoms with E-state index in [0.29, 0.717) is 0 Å². The third kappa shape index (κ3) is 3.82. The molecule has 8 nitrogen and oxygen atoms in total. The Morgan fingerprint density at radius 2 is 2.25 bits per heavy atom. The molecule has 0 heterocycles. The van der Waals surface area contributed by atoms with Crippen LogP contribution in [0.25, 0.3) is 0 Å². The summed E-state index contributed by atoms with van der Waals surface area (Å²) >= 11 is 0. The summed E-state index contributed by atoms with van der Waals surface area (Å²) in [5, 5.41) is 22.7. The SMILES string of the molecule is CCOc1cccc(NC(COC)C(=O)O)c1[N+](=O)[O-]. The molecule has 1 rings (SSSR count). The molecule has 1 aromatic rings. The monoisotopic (exact) mass is 284 g/mol. The molecule has 0 aliphatic rings. The predicted octanol–water partition coefficient (Wildman–Crippen LogP) is 1.50. The van der Waals surface area contributed by atoms with Gasteiger partial charge in [0.15, 0.2) is 5.75 Å². The molecule has 1 aromatic carbocycles. The topological polar surface area (TPSA) is 111 Å². The highest BCUT2D eigenvalue weighted by atomic mass is 16.6. The molecule has 0 saturated heterocycles. The first-order valence-corrected chi connectivity index (χ1v) is 5.89. The van der Waals surface area contributed by atoms with Crippen LogP contribution in [0, 0.1) is 10.1 Å². The van der Waals surface area contributed by atoms with Crippen LogP contribution >= 0.6 is 0 Å². The van der Waals surface area contributed by atoms with Crippen molar-refractivity contribution in [3.63, 3.8) is 0 Å². The Hall–Kier alpha value is -2.35. The van der Waals surface area contributed by atoms with Gasteiger partial charge in [0.25, 0.3) is 0 Å². The predicted molar refractivity (Wildman–Crippen MR) is 71.2 cm³/mol. The van der Waals surface area contributed by atoms with Crippen LogP contribution in [0.5, 0.6) is 5.75 Å². The molecule has 20 heavy (non-hydrogen) atoms. The molecule has 0 spiro atoms. The Kier molecular flexibility index (Phi) is 5.73. The third-order valence-corrected chi connectivity index (χ3v) is 2.44. The summed E-state index contributed by atoms with van der Waals surface area (Å²) in [4.78, 5) is 21.6. The molecular weight excluding hydrogens is 268 g/mol. The van der Waals surface area contributed by atoms with Crippen molar-refractivity contribution in [1.82, 2.24) is 0 Å². The van der Waals surface area contributed by atoms with Crippen molar-refractivity contribution in [2.45, 2.75) is 13.0 Å². The van der Waals surface area contributed by atoms with Crippen molar-refractivity contribution in [2.24, 2.45) is 0 Å². The summed E-state index contributed by atoms with van der Waals surface area (Å²) < 4.78 is 9.95. The van der Waals surface area contributed by atoms with Crippen LogP contribution in [0.2, 0.25) is 0 Å². The van der Waals surface area contributed by atoms with Crippen molar-refractivity contribution < 1.29 is 24.3 Å². The van der Waals surface area contributed by atoms with Gasteiger partial charge in [0.2, 0.25) is 0 Å². The number of carboxylic acids is 1. The number of rotatable bonds is 8. The highest BCUT2D eigenvalue weighted by Gasteiger charge is 2.25. The fraction of sp³-hybridized carbons (Fsp3) is 0.417. The van der Waals surface area contributed by atoms with E-state index in [4.69, 9.17) is 14.6 Å². The lowest BCUT2D eigenvalue weighted by Crippen LogP contribution is -2.33. The number of nitro benzene ring substituents is 1. The number of nitrogens with one attached hydrogen (secondary N) is 1. The van der Waals surface area contributed by atoms with Gasteiger partial charge in [-0.2, -0.15) is 0 Å². The van der Waals surface area contributed by atoms with E-state index in [2.05, 4.69) is 5.32 Å². The number of nitrogens with zero attached hydrogens (tertiary/aromatic N) is 1. The number of ether oxygens (including phenoxy) is 2. The highest BCUT2D eigenvalue weighted by Crippen LogP contribution is 2.35. The van der Waals surface area contributed by atoms with Crippen molar-refractivity contribution >= 4 is 17.3 Å². The zero-order valence-electron chi connectivity index (χ0n) is 11.2. The van der Waals surface area contributed by atoms with E-state index in [0.717, 1.165) is 0 Å². The zero-order chi connectivity index (χ0) is 15.1. The summed E-state index contributed by atoms with van der Waals surface area (Å²) in [7, 11) is 1.35. The molecule has 0 amide bonds. The summed E-state index contributed by atoms with van der Waals surface area (Å²) in [6, 6.07) is 3.34. The van der Waals surface area contributed by atoms with Crippen LogP contribution in [0.1, 0.15) is 6.92 Å². The van der Waals surface area contributed by atoms with Crippen LogP contribution in [0.15, 0.2) is 18.2 Å². The molecule has 0 bridgehead atoms. The quantitative estimate of drug-likeness (QED) is 0.549. The fourth-order valence-electron chi connectivity index (χ4n) is 1.63. The molecule has 1 unspecified atom stereocenters. The lowest BCUT2D eigenvalue weighted by molar-refractivity contribution is -0.385. The molecule has 1 atom stereocenters. The Morgan fingerprint density at radius 3 is 2.75 bits per heavy atom. The van der Waals surface area contributed by atoms with E-state index in [1.54, 1.807) is 13.0 Å². The van der Waals surface area contributed by atoms with Crippen molar-refractivity contribution in [3.05, 3.63) is 28.3 Å². The van der Waals surface area contributed by atoms with Crippen molar-refractivity contribution in [2.75, 3.05) is 25.6 Å². The maximum absolute atomic E-state index is 11.1. The third-order valence-electron chi connectivity index (χ3n) is 2.44. The summed E-state index contributed by atoms with van der Waals surface area (Å²) in [5.74, 6) is -1.08. The molecule has 0 saturated carbocycles. The van der Waals surface area contributed by atoms with Crippen LogP contribution in [-0.2, 0) is 9.53 Å². The van der Waals surface area contributed by atoms with Gasteiger partial charge in [-0.25, -0.2) is 4.79 Å². The van der Waals surface area contributed by atoms with Gasteiger partial charge in [0, 0.05) is 7.11 Å². The second kappa shape index (κ2) is 7.29. The minimum absolute atomic E-state index is 0.0744. The normalized spacial score (nSPS) is 11.7. The molecule has 110 valence electrons. The van der Waals surface area contributed by atoms with Crippen LogP contribution in [0.3, 0.4) is 0 Å². The van der Waals surface area contributed by atoms with E-state index >= 15 is 0 Å². The summed E-state index contributed by atoms with van der Waals surface area (Å²) in [6.45, 7) is 1.85. The number of nitro groups is 1. The number of hydrogen-bond donors (Lipinski definition) is 2. The van der Waals surface area contributed by atoms with Gasteiger partial charge in [0.05, 0.1) is 18.1 Å². The van der Waals surface area contributed by atoms with Crippen LogP contribution in [0.4, 0.5) is 11.4 Å². The first-order chi connectivity index (χ1) is 9.51. The molecular formula is C12H16N2O6. The van der Waals surface area contributed by atoms with E-state index in [1.807, 2.05) is 0 Å². The Balaban J connectivity index is 3.13. The summed E-state index contributed by atoms with van der Waals surface area (Å²) in [5.41, 5.74) is -0.220. The molecule has 0 aromatic heterocycles. The number of para-hydroxylation sites is 1. The van der Waals surface area contributed by atoms with Crippen molar-refractivity contribution in [3.8, 4) is 5.75 Å². The number of hydrogen-bond acceptors (Lipinski definition) is 6. The molecule has 8 heteroatoms. The number of carboxylic acid groups (broad SMARTS) is 1. The fourth-order valence-corrected chi connectivity index (χ4v) is 1.63. The average Bonchev–Trinajstić information content (AvgIpc) is 2.38. The number of aliphatic carboxylic acids is 1. The number of methoxy groups -OCH3 is 1. The molecule has 0 aliphatic carbocycles. The summed E-state index contributed by atoms with van der Waals surface area (Å²) in [6.07, 6.45) is 0. The van der Waals surface area contributed by atoms with Crippen molar-refractivity contribution in [1.29, 1.82) is 0 Å². The standard InChI is InChI=1S/C12H16N2O6/c1-3-20-10-6-4-5-8(11(10)14(17)18)13-9(7-19-2)12(15)16/h4-6,9,13H,3,7H2,1-2H3,(H,15,16). The minimum Gasteiger partial charge on any atom is -0.487 e. The van der Waals surface area contributed by atoms with Gasteiger partial charge in [-0.3, -0.25) is 10.1 Å². The maximum Gasteiger partial charge on any atom is 0.333 e. The number of anilines is 1. The van der Waals surface area contributed by atoms with Gasteiger partial charge < -0.3 is 19.9 Å². The highest BCUT2D eigenvalue weighted by molar-refractivity contribution is 5.80. The minimum atomic E-state index is -1.16. The maximum atomic E-state index is 11.1. The largest absolute Gasteiger partial charge is 0.487 e. The van der Waals surface area contributed by atoms with E-state index in [-0.39, 0.29) is 30.3 Å². The lowest BCUT2D eigenvalue weighted by atomic mass is 10.2. The van der Waals surface area contributed by atoms with E-state index < -0.39 is 16.9 Å². The molecule has 0 fully saturated rings. The molecule has 0 radical (unpaired) electrons. The van der Waals surface area contributed by atoms with Gasteiger partial charge in [-0.15, -0.1) is 0 Å². The first kappa shape index (κ1) is 15.7. The van der Waals surface area contributed by atoms with E-state index in [1.165, 1.54) is 19.2 Å². The molecule has 0 aliphatic heterocycles. The average molecular weight is 284 g/mol. The number of benzene rings is 1. The van der Waals surface area contributed by atoms with Gasteiger partial charge in [0.1, 0.15) is 11.7 Å². The smallest absolute Gasteiger partial charge is 0.333 e. The van der Waals surface area contributed by atoms with Crippen LogP contribution < -0.4 is 10.1 Å². The second-order valence-corrected chi connectivity index (χ2v) is 3.83.